The Morgan fingerprint density at radius 2 is 1.41 bits per heavy atom. The van der Waals surface area contributed by atoms with Crippen LogP contribution in [0.3, 0.4) is 0 Å². The van der Waals surface area contributed by atoms with Crippen LogP contribution in [0.1, 0.15) is 0 Å². The molecule has 0 saturated carbocycles. The second-order valence-electron chi connectivity index (χ2n) is 3.70. The van der Waals surface area contributed by atoms with Crippen LogP contribution in [0.5, 0.6) is 23.0 Å². The van der Waals surface area contributed by atoms with Crippen molar-refractivity contribution in [2.24, 2.45) is 0 Å². The number of hydrogen-bond donors (Lipinski definition) is 4. The molecule has 86 valence electrons. The Kier molecular flexibility index (Phi) is 1.69. The highest BCUT2D eigenvalue weighted by molar-refractivity contribution is 6.12. The molecule has 1 heterocycles. The lowest BCUT2D eigenvalue weighted by atomic mass is 10.1. The van der Waals surface area contributed by atoms with Gasteiger partial charge in [0, 0.05) is 5.39 Å². The molecule has 4 N–H and O–H groups in total. The largest absolute Gasteiger partial charge is 0.504 e. The number of phenols is 4. The van der Waals surface area contributed by atoms with Crippen LogP contribution in [0.4, 0.5) is 0 Å². The van der Waals surface area contributed by atoms with Gasteiger partial charge in [-0.1, -0.05) is 18.2 Å². The van der Waals surface area contributed by atoms with Crippen LogP contribution in [0, 0.1) is 0 Å². The van der Waals surface area contributed by atoms with Crippen LogP contribution in [-0.4, -0.2) is 20.4 Å². The van der Waals surface area contributed by atoms with Crippen LogP contribution in [-0.2, 0) is 0 Å². The normalized spacial score (nSPS) is 11.3. The van der Waals surface area contributed by atoms with E-state index in [-0.39, 0.29) is 11.0 Å². The molecule has 0 aliphatic carbocycles. The van der Waals surface area contributed by atoms with Crippen molar-refractivity contribution in [1.82, 2.24) is 0 Å². The van der Waals surface area contributed by atoms with Crippen molar-refractivity contribution in [2.45, 2.75) is 0 Å². The Balaban J connectivity index is 2.67. The van der Waals surface area contributed by atoms with E-state index in [1.54, 1.807) is 24.3 Å². The van der Waals surface area contributed by atoms with Crippen molar-refractivity contribution < 1.29 is 24.8 Å². The van der Waals surface area contributed by atoms with Gasteiger partial charge in [-0.3, -0.25) is 0 Å². The SMILES string of the molecule is Oc1c(O)c(O)c2c(oc3ccccc32)c1O. The summed E-state index contributed by atoms with van der Waals surface area (Å²) in [7, 11) is 0. The number of hydrogen-bond acceptors (Lipinski definition) is 5. The van der Waals surface area contributed by atoms with Gasteiger partial charge in [-0.2, -0.15) is 0 Å². The molecule has 1 aromatic heterocycles. The molecule has 5 nitrogen and oxygen atoms in total. The van der Waals surface area contributed by atoms with Gasteiger partial charge in [0.25, 0.3) is 0 Å². The van der Waals surface area contributed by atoms with E-state index in [9.17, 15) is 20.4 Å². The third-order valence-corrected chi connectivity index (χ3v) is 2.72. The minimum atomic E-state index is -0.797. The first-order chi connectivity index (χ1) is 8.11. The molecule has 0 aliphatic rings. The number of para-hydroxylation sites is 1. The molecule has 0 atom stereocenters. The molecule has 0 aliphatic heterocycles. The first kappa shape index (κ1) is 9.65. The number of fused-ring (bicyclic) bond motifs is 3. The molecule has 0 unspecified atom stereocenters. The number of benzene rings is 2. The summed E-state index contributed by atoms with van der Waals surface area (Å²) in [6.45, 7) is 0. The summed E-state index contributed by atoms with van der Waals surface area (Å²) in [4.78, 5) is 0. The van der Waals surface area contributed by atoms with Crippen LogP contribution in [0.2, 0.25) is 0 Å². The van der Waals surface area contributed by atoms with E-state index >= 15 is 0 Å². The van der Waals surface area contributed by atoms with Gasteiger partial charge < -0.3 is 24.8 Å². The highest BCUT2D eigenvalue weighted by atomic mass is 16.4. The summed E-state index contributed by atoms with van der Waals surface area (Å²) >= 11 is 0. The number of furan rings is 1. The van der Waals surface area contributed by atoms with Gasteiger partial charge in [0.05, 0.1) is 5.39 Å². The van der Waals surface area contributed by atoms with E-state index in [1.165, 1.54) is 0 Å². The van der Waals surface area contributed by atoms with Crippen LogP contribution in [0.25, 0.3) is 21.9 Å². The predicted molar refractivity (Wildman–Crippen MR) is 60.4 cm³/mol. The molecule has 0 saturated heterocycles. The van der Waals surface area contributed by atoms with Crippen LogP contribution < -0.4 is 0 Å². The van der Waals surface area contributed by atoms with Crippen LogP contribution in [0.15, 0.2) is 28.7 Å². The van der Waals surface area contributed by atoms with Gasteiger partial charge in [0.2, 0.25) is 17.2 Å². The molecule has 0 amide bonds. The molecule has 3 rings (SSSR count). The molecule has 3 aromatic rings. The molecule has 17 heavy (non-hydrogen) atoms. The van der Waals surface area contributed by atoms with E-state index in [0.29, 0.717) is 11.0 Å². The summed E-state index contributed by atoms with van der Waals surface area (Å²) in [5.41, 5.74) is 0.386. The zero-order valence-electron chi connectivity index (χ0n) is 8.51. The summed E-state index contributed by atoms with van der Waals surface area (Å²) in [6.07, 6.45) is 0. The minimum Gasteiger partial charge on any atom is -0.504 e. The molecular formula is C12H8O5. The molecular weight excluding hydrogens is 224 g/mol. The topological polar surface area (TPSA) is 94.1 Å². The predicted octanol–water partition coefficient (Wildman–Crippen LogP) is 2.41. The molecule has 0 bridgehead atoms. The lowest BCUT2D eigenvalue weighted by Gasteiger charge is -2.03. The Labute approximate surface area is 94.8 Å². The van der Waals surface area contributed by atoms with Gasteiger partial charge in [-0.25, -0.2) is 0 Å². The first-order valence-corrected chi connectivity index (χ1v) is 4.88. The molecule has 0 spiro atoms. The monoisotopic (exact) mass is 232 g/mol. The Hall–Kier alpha value is -2.56. The average molecular weight is 232 g/mol. The third-order valence-electron chi connectivity index (χ3n) is 2.72. The van der Waals surface area contributed by atoms with E-state index in [0.717, 1.165) is 0 Å². The lowest BCUT2D eigenvalue weighted by molar-refractivity contribution is 0.348. The standard InChI is InChI=1S/C12H8O5/c13-8-7-5-3-1-2-4-6(5)17-12(7)11(16)10(15)9(8)14/h1-4,13-16H. The number of phenolic OH excluding ortho intramolecular Hbond substituents is 4. The maximum atomic E-state index is 9.77. The van der Waals surface area contributed by atoms with E-state index < -0.39 is 23.0 Å². The zero-order chi connectivity index (χ0) is 12.2. The van der Waals surface area contributed by atoms with Crippen molar-refractivity contribution in [3.8, 4) is 23.0 Å². The average Bonchev–Trinajstić information content (AvgIpc) is 2.73. The number of aromatic hydroxyl groups is 4. The Morgan fingerprint density at radius 3 is 2.18 bits per heavy atom. The molecule has 0 radical (unpaired) electrons. The van der Waals surface area contributed by atoms with Crippen molar-refractivity contribution in [2.75, 3.05) is 0 Å². The smallest absolute Gasteiger partial charge is 0.208 e. The second-order valence-corrected chi connectivity index (χ2v) is 3.70. The van der Waals surface area contributed by atoms with E-state index in [2.05, 4.69) is 0 Å². The summed E-state index contributed by atoms with van der Waals surface area (Å²) in [6, 6.07) is 6.80. The van der Waals surface area contributed by atoms with Crippen molar-refractivity contribution in [1.29, 1.82) is 0 Å². The van der Waals surface area contributed by atoms with Crippen molar-refractivity contribution in [3.05, 3.63) is 24.3 Å². The fourth-order valence-electron chi connectivity index (χ4n) is 1.90. The van der Waals surface area contributed by atoms with Gasteiger partial charge >= 0.3 is 0 Å². The third kappa shape index (κ3) is 1.08. The molecule has 5 heteroatoms. The Bertz CT molecular complexity index is 742. The molecule has 0 fully saturated rings. The first-order valence-electron chi connectivity index (χ1n) is 4.88. The summed E-state index contributed by atoms with van der Waals surface area (Å²) in [5, 5.41) is 39.0. The van der Waals surface area contributed by atoms with Crippen molar-refractivity contribution in [3.63, 3.8) is 0 Å². The van der Waals surface area contributed by atoms with Gasteiger partial charge in [-0.15, -0.1) is 0 Å². The Morgan fingerprint density at radius 1 is 0.765 bits per heavy atom. The van der Waals surface area contributed by atoms with Gasteiger partial charge in [-0.05, 0) is 6.07 Å². The maximum Gasteiger partial charge on any atom is 0.208 e. The summed E-state index contributed by atoms with van der Waals surface area (Å²) < 4.78 is 5.32. The summed E-state index contributed by atoms with van der Waals surface area (Å²) in [5.74, 6) is -2.66. The minimum absolute atomic E-state index is 0.0565. The fraction of sp³-hybridized carbons (Fsp3) is 0. The number of rotatable bonds is 0. The quantitative estimate of drug-likeness (QED) is 0.352. The van der Waals surface area contributed by atoms with Crippen LogP contribution >= 0.6 is 0 Å². The zero-order valence-corrected chi connectivity index (χ0v) is 8.51. The van der Waals surface area contributed by atoms with E-state index in [1.807, 2.05) is 0 Å². The van der Waals surface area contributed by atoms with Gasteiger partial charge in [0.15, 0.2) is 11.3 Å². The molecule has 2 aromatic carbocycles. The fourth-order valence-corrected chi connectivity index (χ4v) is 1.90. The highest BCUT2D eigenvalue weighted by Gasteiger charge is 2.23. The second kappa shape index (κ2) is 2.98. The van der Waals surface area contributed by atoms with E-state index in [4.69, 9.17) is 4.42 Å². The van der Waals surface area contributed by atoms with Gasteiger partial charge in [0.1, 0.15) is 5.58 Å². The lowest BCUT2D eigenvalue weighted by Crippen LogP contribution is -1.76. The van der Waals surface area contributed by atoms with Crippen molar-refractivity contribution >= 4 is 21.9 Å². The maximum absolute atomic E-state index is 9.77. The highest BCUT2D eigenvalue weighted by Crippen LogP contribution is 2.51.